The second kappa shape index (κ2) is 9.22. The van der Waals surface area contributed by atoms with Crippen molar-refractivity contribution >= 4 is 18.6 Å². The third kappa shape index (κ3) is 4.89. The smallest absolute Gasteiger partial charge is 0.265 e. The van der Waals surface area contributed by atoms with E-state index in [4.69, 9.17) is 0 Å². The van der Waals surface area contributed by atoms with E-state index in [1.165, 1.54) is 17.5 Å². The third-order valence-corrected chi connectivity index (χ3v) is 7.15. The van der Waals surface area contributed by atoms with Crippen LogP contribution in [0, 0.1) is 5.92 Å². The van der Waals surface area contributed by atoms with Crippen molar-refractivity contribution in [3.05, 3.63) is 70.4 Å². The number of nitrogens with one attached hydrogen (secondary N) is 2. The van der Waals surface area contributed by atoms with Gasteiger partial charge in [-0.2, -0.15) is 5.10 Å². The number of carbonyl (C=O) groups excluding carboxylic acids is 1. The largest absolute Gasteiger partial charge is 0.345 e. The average molecular weight is 455 g/mol. The van der Waals surface area contributed by atoms with Gasteiger partial charge in [-0.3, -0.25) is 19.1 Å². The summed E-state index contributed by atoms with van der Waals surface area (Å²) in [7, 11) is -3.36. The van der Waals surface area contributed by atoms with Crippen LogP contribution < -0.4 is 16.2 Å². The second-order valence-electron chi connectivity index (χ2n) is 8.22. The molecule has 1 saturated carbocycles. The SMILES string of the molecule is CP(=O)(O)c1ccc(C(NC(=O)c2cnc(-n3cccn3)[nH]c2=O)C2CCCCC2)cc1. The van der Waals surface area contributed by atoms with E-state index in [1.54, 1.807) is 42.7 Å². The Balaban J connectivity index is 1.60. The zero-order valence-corrected chi connectivity index (χ0v) is 18.7. The maximum Gasteiger partial charge on any atom is 0.265 e. The van der Waals surface area contributed by atoms with Gasteiger partial charge < -0.3 is 10.2 Å². The first-order chi connectivity index (χ1) is 15.3. The van der Waals surface area contributed by atoms with Crippen LogP contribution in [0.3, 0.4) is 0 Å². The molecule has 10 heteroatoms. The fourth-order valence-corrected chi connectivity index (χ4v) is 4.88. The van der Waals surface area contributed by atoms with Crippen molar-refractivity contribution in [2.45, 2.75) is 38.1 Å². The molecule has 3 aromatic rings. The van der Waals surface area contributed by atoms with Crippen LogP contribution in [0.5, 0.6) is 0 Å². The molecule has 2 aromatic heterocycles. The van der Waals surface area contributed by atoms with Crippen LogP contribution in [0.15, 0.2) is 53.7 Å². The van der Waals surface area contributed by atoms with Crippen molar-refractivity contribution in [2.75, 3.05) is 6.66 Å². The molecule has 9 nitrogen and oxygen atoms in total. The van der Waals surface area contributed by atoms with E-state index in [2.05, 4.69) is 20.4 Å². The highest BCUT2D eigenvalue weighted by Crippen LogP contribution is 2.37. The van der Waals surface area contributed by atoms with Crippen molar-refractivity contribution in [3.8, 4) is 5.95 Å². The maximum atomic E-state index is 13.0. The Morgan fingerprint density at radius 2 is 1.97 bits per heavy atom. The number of benzene rings is 1. The molecule has 4 rings (SSSR count). The van der Waals surface area contributed by atoms with Crippen LogP contribution in [-0.4, -0.2) is 37.2 Å². The van der Waals surface area contributed by atoms with E-state index in [-0.39, 0.29) is 23.5 Å². The van der Waals surface area contributed by atoms with Gasteiger partial charge in [0, 0.05) is 30.6 Å². The molecule has 32 heavy (non-hydrogen) atoms. The number of H-pyrrole nitrogens is 1. The van der Waals surface area contributed by atoms with Crippen LogP contribution in [0.25, 0.3) is 5.95 Å². The first kappa shape index (κ1) is 22.2. The quantitative estimate of drug-likeness (QED) is 0.490. The van der Waals surface area contributed by atoms with Gasteiger partial charge in [-0.25, -0.2) is 9.67 Å². The first-order valence-electron chi connectivity index (χ1n) is 10.6. The van der Waals surface area contributed by atoms with Crippen LogP contribution in [0.1, 0.15) is 54.1 Å². The zero-order valence-electron chi connectivity index (χ0n) is 17.8. The van der Waals surface area contributed by atoms with E-state index in [0.717, 1.165) is 37.7 Å². The summed E-state index contributed by atoms with van der Waals surface area (Å²) < 4.78 is 13.4. The fourth-order valence-electron chi connectivity index (χ4n) is 4.18. The van der Waals surface area contributed by atoms with Crippen molar-refractivity contribution in [1.82, 2.24) is 25.1 Å². The summed E-state index contributed by atoms with van der Waals surface area (Å²) in [5, 5.41) is 7.41. The Kier molecular flexibility index (Phi) is 6.39. The topological polar surface area (TPSA) is 130 Å². The van der Waals surface area contributed by atoms with Gasteiger partial charge in [0.15, 0.2) is 0 Å². The van der Waals surface area contributed by atoms with Gasteiger partial charge in [0.1, 0.15) is 5.56 Å². The lowest BCUT2D eigenvalue weighted by Crippen LogP contribution is -2.37. The standard InChI is InChI=1S/C22H26N5O4P/c1-32(30,31)17-10-8-16(9-11-17)19(15-6-3-2-4-7-15)25-20(28)18-14-23-22(26-21(18)29)27-13-5-12-24-27/h5,8-15,19H,2-4,6-7H2,1H3,(H,25,28)(H,30,31)(H,23,26,29). The number of aromatic amines is 1. The Morgan fingerprint density at radius 1 is 1.25 bits per heavy atom. The number of aromatic nitrogens is 4. The van der Waals surface area contributed by atoms with E-state index in [0.29, 0.717) is 5.30 Å². The lowest BCUT2D eigenvalue weighted by atomic mass is 9.81. The Morgan fingerprint density at radius 3 is 2.56 bits per heavy atom. The fraction of sp³-hybridized carbons (Fsp3) is 0.364. The monoisotopic (exact) mass is 455 g/mol. The molecule has 1 aliphatic rings. The van der Waals surface area contributed by atoms with Crippen LogP contribution in [0.2, 0.25) is 0 Å². The molecule has 0 radical (unpaired) electrons. The summed E-state index contributed by atoms with van der Waals surface area (Å²) in [6.45, 7) is 1.30. The van der Waals surface area contributed by atoms with E-state index < -0.39 is 18.8 Å². The number of nitrogens with zero attached hydrogens (tertiary/aromatic N) is 3. The predicted octanol–water partition coefficient (Wildman–Crippen LogP) is 2.53. The Hall–Kier alpha value is -3.03. The molecule has 3 N–H and O–H groups in total. The summed E-state index contributed by atoms with van der Waals surface area (Å²) in [6, 6.07) is 8.22. The summed E-state index contributed by atoms with van der Waals surface area (Å²) >= 11 is 0. The molecule has 2 unspecified atom stereocenters. The number of hydrogen-bond acceptors (Lipinski definition) is 5. The van der Waals surface area contributed by atoms with Gasteiger partial charge in [-0.15, -0.1) is 0 Å². The molecular formula is C22H26N5O4P. The average Bonchev–Trinajstić information content (AvgIpc) is 3.32. The number of amides is 1. The summed E-state index contributed by atoms with van der Waals surface area (Å²) in [6.07, 6.45) is 9.71. The van der Waals surface area contributed by atoms with Crippen LogP contribution in [-0.2, 0) is 4.57 Å². The van der Waals surface area contributed by atoms with Crippen molar-refractivity contribution in [2.24, 2.45) is 5.92 Å². The summed E-state index contributed by atoms with van der Waals surface area (Å²) in [4.78, 5) is 42.2. The van der Waals surface area contributed by atoms with Gasteiger partial charge in [0.2, 0.25) is 13.3 Å². The Labute approximate surface area is 185 Å². The second-order valence-corrected chi connectivity index (χ2v) is 10.5. The highest BCUT2D eigenvalue weighted by molar-refractivity contribution is 7.65. The van der Waals surface area contributed by atoms with E-state index >= 15 is 0 Å². The third-order valence-electron chi connectivity index (χ3n) is 5.89. The molecule has 1 aliphatic carbocycles. The van der Waals surface area contributed by atoms with E-state index in [1.807, 2.05) is 0 Å². The minimum Gasteiger partial charge on any atom is -0.345 e. The van der Waals surface area contributed by atoms with Crippen molar-refractivity contribution < 1.29 is 14.3 Å². The lowest BCUT2D eigenvalue weighted by molar-refractivity contribution is 0.0910. The van der Waals surface area contributed by atoms with Crippen molar-refractivity contribution in [1.29, 1.82) is 0 Å². The molecule has 0 bridgehead atoms. The number of hydrogen-bond donors (Lipinski definition) is 3. The highest BCUT2D eigenvalue weighted by Gasteiger charge is 2.28. The molecule has 1 aromatic carbocycles. The molecule has 2 atom stereocenters. The highest BCUT2D eigenvalue weighted by atomic mass is 31.2. The molecule has 1 fully saturated rings. The molecule has 2 heterocycles. The van der Waals surface area contributed by atoms with Crippen LogP contribution in [0.4, 0.5) is 0 Å². The minimum atomic E-state index is -3.36. The first-order valence-corrected chi connectivity index (χ1v) is 12.7. The molecular weight excluding hydrogens is 429 g/mol. The molecule has 168 valence electrons. The van der Waals surface area contributed by atoms with E-state index in [9.17, 15) is 19.0 Å². The predicted molar refractivity (Wildman–Crippen MR) is 121 cm³/mol. The maximum absolute atomic E-state index is 13.0. The summed E-state index contributed by atoms with van der Waals surface area (Å²) in [5.74, 6) is -0.0609. The lowest BCUT2D eigenvalue weighted by Gasteiger charge is -2.31. The molecule has 0 saturated heterocycles. The molecule has 1 amide bonds. The van der Waals surface area contributed by atoms with Crippen molar-refractivity contribution in [3.63, 3.8) is 0 Å². The zero-order chi connectivity index (χ0) is 22.7. The van der Waals surface area contributed by atoms with Gasteiger partial charge >= 0.3 is 0 Å². The van der Waals surface area contributed by atoms with Gasteiger partial charge in [-0.05, 0) is 42.5 Å². The van der Waals surface area contributed by atoms with Gasteiger partial charge in [0.25, 0.3) is 11.5 Å². The van der Waals surface area contributed by atoms with Crippen LogP contribution >= 0.6 is 7.37 Å². The summed E-state index contributed by atoms with van der Waals surface area (Å²) in [5.41, 5.74) is 0.222. The van der Waals surface area contributed by atoms with Gasteiger partial charge in [0.05, 0.1) is 6.04 Å². The minimum absolute atomic E-state index is 0.0771. The Bertz CT molecular complexity index is 1180. The number of carbonyl (C=O) groups is 1. The normalized spacial score (nSPS) is 17.4. The molecule has 0 spiro atoms. The number of rotatable bonds is 6. The molecule has 0 aliphatic heterocycles. The van der Waals surface area contributed by atoms with Gasteiger partial charge in [-0.1, -0.05) is 31.4 Å².